The lowest BCUT2D eigenvalue weighted by Crippen LogP contribution is -2.36. The van der Waals surface area contributed by atoms with Gasteiger partial charge in [-0.15, -0.1) is 11.8 Å². The van der Waals surface area contributed by atoms with Gasteiger partial charge in [-0.1, -0.05) is 32.9 Å². The predicted molar refractivity (Wildman–Crippen MR) is 82.1 cm³/mol. The minimum absolute atomic E-state index is 0.293. The predicted octanol–water partition coefficient (Wildman–Crippen LogP) is 3.39. The van der Waals surface area contributed by atoms with Gasteiger partial charge in [-0.05, 0) is 36.4 Å². The van der Waals surface area contributed by atoms with E-state index in [1.165, 1.54) is 10.5 Å². The van der Waals surface area contributed by atoms with E-state index in [1.807, 2.05) is 0 Å². The molecule has 102 valence electrons. The minimum Gasteiger partial charge on any atom is -0.329 e. The molecule has 1 atom stereocenters. The Hall–Kier alpha value is -0.510. The first-order valence-electron chi connectivity index (χ1n) is 6.41. The van der Waals surface area contributed by atoms with Crippen LogP contribution in [0.1, 0.15) is 32.4 Å². The standard InChI is InChI=1S/C15H26N2S/c1-15(2,3)11-17(4)14(10-16)12-6-8-13(18-5)9-7-12/h6-9,14H,10-11,16H2,1-5H3. The molecule has 2 nitrogen and oxygen atoms in total. The fraction of sp³-hybridized carbons (Fsp3) is 0.600. The molecule has 0 saturated carbocycles. The third-order valence-electron chi connectivity index (χ3n) is 2.98. The minimum atomic E-state index is 0.293. The van der Waals surface area contributed by atoms with Gasteiger partial charge in [0.15, 0.2) is 0 Å². The van der Waals surface area contributed by atoms with Gasteiger partial charge in [0.1, 0.15) is 0 Å². The summed E-state index contributed by atoms with van der Waals surface area (Å²) < 4.78 is 0. The van der Waals surface area contributed by atoms with E-state index in [2.05, 4.69) is 63.2 Å². The van der Waals surface area contributed by atoms with Crippen LogP contribution in [0.2, 0.25) is 0 Å². The molecule has 0 fully saturated rings. The summed E-state index contributed by atoms with van der Waals surface area (Å²) in [6.45, 7) is 8.47. The zero-order valence-electron chi connectivity index (χ0n) is 12.2. The number of likely N-dealkylation sites (N-methyl/N-ethyl adjacent to an activating group) is 1. The summed E-state index contributed by atoms with van der Waals surface area (Å²) >= 11 is 1.77. The zero-order valence-corrected chi connectivity index (χ0v) is 13.1. The van der Waals surface area contributed by atoms with Crippen LogP contribution >= 0.6 is 11.8 Å². The molecule has 0 radical (unpaired) electrons. The average Bonchev–Trinajstić information content (AvgIpc) is 2.28. The molecule has 18 heavy (non-hydrogen) atoms. The van der Waals surface area contributed by atoms with Crippen molar-refractivity contribution in [3.05, 3.63) is 29.8 Å². The van der Waals surface area contributed by atoms with Crippen molar-refractivity contribution >= 4 is 11.8 Å². The number of hydrogen-bond acceptors (Lipinski definition) is 3. The maximum atomic E-state index is 5.95. The van der Waals surface area contributed by atoms with Gasteiger partial charge in [0, 0.05) is 24.0 Å². The van der Waals surface area contributed by atoms with Gasteiger partial charge in [-0.25, -0.2) is 0 Å². The van der Waals surface area contributed by atoms with E-state index in [-0.39, 0.29) is 0 Å². The van der Waals surface area contributed by atoms with Crippen LogP contribution < -0.4 is 5.73 Å². The molecule has 1 aromatic carbocycles. The van der Waals surface area contributed by atoms with Crippen LogP contribution in [0.4, 0.5) is 0 Å². The van der Waals surface area contributed by atoms with Crippen molar-refractivity contribution in [2.45, 2.75) is 31.7 Å². The SMILES string of the molecule is CSc1ccc(C(CN)N(C)CC(C)(C)C)cc1. The number of thioether (sulfide) groups is 1. The lowest BCUT2D eigenvalue weighted by Gasteiger charge is -2.33. The molecule has 0 aliphatic heterocycles. The van der Waals surface area contributed by atoms with E-state index in [4.69, 9.17) is 5.73 Å². The van der Waals surface area contributed by atoms with Crippen LogP contribution in [0.25, 0.3) is 0 Å². The second-order valence-corrected chi connectivity index (χ2v) is 6.88. The van der Waals surface area contributed by atoms with Crippen molar-refractivity contribution in [1.82, 2.24) is 4.90 Å². The van der Waals surface area contributed by atoms with Crippen LogP contribution in [-0.4, -0.2) is 31.3 Å². The summed E-state index contributed by atoms with van der Waals surface area (Å²) in [5.41, 5.74) is 7.55. The Kier molecular flexibility index (Phi) is 5.70. The Labute approximate surface area is 116 Å². The molecule has 0 aromatic heterocycles. The molecule has 0 amide bonds. The third-order valence-corrected chi connectivity index (χ3v) is 3.72. The van der Waals surface area contributed by atoms with Crippen LogP contribution in [-0.2, 0) is 0 Å². The first-order valence-corrected chi connectivity index (χ1v) is 7.64. The third kappa shape index (κ3) is 4.63. The Balaban J connectivity index is 2.81. The van der Waals surface area contributed by atoms with Gasteiger partial charge in [-0.3, -0.25) is 4.90 Å². The van der Waals surface area contributed by atoms with Gasteiger partial charge >= 0.3 is 0 Å². The molecule has 0 saturated heterocycles. The quantitative estimate of drug-likeness (QED) is 0.828. The highest BCUT2D eigenvalue weighted by molar-refractivity contribution is 7.98. The Morgan fingerprint density at radius 1 is 1.22 bits per heavy atom. The van der Waals surface area contributed by atoms with E-state index < -0.39 is 0 Å². The topological polar surface area (TPSA) is 29.3 Å². The number of hydrogen-bond donors (Lipinski definition) is 1. The molecule has 2 N–H and O–H groups in total. The lowest BCUT2D eigenvalue weighted by atomic mass is 9.94. The number of benzene rings is 1. The molecule has 1 aromatic rings. The van der Waals surface area contributed by atoms with Crippen LogP contribution in [0.15, 0.2) is 29.2 Å². The summed E-state index contributed by atoms with van der Waals surface area (Å²) in [5.74, 6) is 0. The maximum absolute atomic E-state index is 5.95. The summed E-state index contributed by atoms with van der Waals surface area (Å²) in [6.07, 6.45) is 2.10. The summed E-state index contributed by atoms with van der Waals surface area (Å²) in [6, 6.07) is 9.05. The van der Waals surface area contributed by atoms with Crippen LogP contribution in [0.5, 0.6) is 0 Å². The molecule has 0 aliphatic rings. The lowest BCUT2D eigenvalue weighted by molar-refractivity contribution is 0.175. The molecule has 0 heterocycles. The van der Waals surface area contributed by atoms with E-state index in [0.717, 1.165) is 6.54 Å². The highest BCUT2D eigenvalue weighted by Crippen LogP contribution is 2.25. The second kappa shape index (κ2) is 6.60. The first kappa shape index (κ1) is 15.5. The van der Waals surface area contributed by atoms with Gasteiger partial charge in [0.05, 0.1) is 0 Å². The van der Waals surface area contributed by atoms with E-state index >= 15 is 0 Å². The number of nitrogens with zero attached hydrogens (tertiary/aromatic N) is 1. The van der Waals surface area contributed by atoms with Gasteiger partial charge in [0.25, 0.3) is 0 Å². The molecule has 1 unspecified atom stereocenters. The van der Waals surface area contributed by atoms with Crippen LogP contribution in [0.3, 0.4) is 0 Å². The van der Waals surface area contributed by atoms with Crippen molar-refractivity contribution in [3.63, 3.8) is 0 Å². The van der Waals surface area contributed by atoms with Crippen molar-refractivity contribution in [2.75, 3.05) is 26.4 Å². The number of rotatable bonds is 5. The summed E-state index contributed by atoms with van der Waals surface area (Å²) in [4.78, 5) is 3.65. The average molecular weight is 266 g/mol. The first-order chi connectivity index (χ1) is 8.37. The second-order valence-electron chi connectivity index (χ2n) is 6.00. The molecular formula is C15H26N2S. The maximum Gasteiger partial charge on any atom is 0.0467 e. The summed E-state index contributed by atoms with van der Waals surface area (Å²) in [5, 5.41) is 0. The van der Waals surface area contributed by atoms with Crippen molar-refractivity contribution in [3.8, 4) is 0 Å². The number of nitrogens with two attached hydrogens (primary N) is 1. The Morgan fingerprint density at radius 2 is 1.78 bits per heavy atom. The summed E-state index contributed by atoms with van der Waals surface area (Å²) in [7, 11) is 2.16. The molecule has 0 aliphatic carbocycles. The van der Waals surface area contributed by atoms with Crippen molar-refractivity contribution in [1.29, 1.82) is 0 Å². The van der Waals surface area contributed by atoms with Crippen molar-refractivity contribution < 1.29 is 0 Å². The monoisotopic (exact) mass is 266 g/mol. The van der Waals surface area contributed by atoms with E-state index in [0.29, 0.717) is 18.0 Å². The van der Waals surface area contributed by atoms with E-state index in [9.17, 15) is 0 Å². The van der Waals surface area contributed by atoms with E-state index in [1.54, 1.807) is 11.8 Å². The molecule has 0 spiro atoms. The molecular weight excluding hydrogens is 240 g/mol. The highest BCUT2D eigenvalue weighted by Gasteiger charge is 2.20. The normalized spacial score (nSPS) is 13.9. The Bertz CT molecular complexity index is 354. The van der Waals surface area contributed by atoms with Crippen molar-refractivity contribution in [2.24, 2.45) is 11.1 Å². The van der Waals surface area contributed by atoms with Crippen LogP contribution in [0, 0.1) is 5.41 Å². The largest absolute Gasteiger partial charge is 0.329 e. The highest BCUT2D eigenvalue weighted by atomic mass is 32.2. The zero-order chi connectivity index (χ0) is 13.8. The molecule has 1 rings (SSSR count). The fourth-order valence-corrected chi connectivity index (χ4v) is 2.66. The van der Waals surface area contributed by atoms with Gasteiger partial charge in [0.2, 0.25) is 0 Å². The van der Waals surface area contributed by atoms with Gasteiger partial charge < -0.3 is 5.73 Å². The smallest absolute Gasteiger partial charge is 0.0467 e. The molecule has 0 bridgehead atoms. The van der Waals surface area contributed by atoms with Gasteiger partial charge in [-0.2, -0.15) is 0 Å². The Morgan fingerprint density at radius 3 is 2.17 bits per heavy atom. The molecule has 3 heteroatoms. The fourth-order valence-electron chi connectivity index (χ4n) is 2.25.